The average molecular weight is 390 g/mol. The Labute approximate surface area is 135 Å². The van der Waals surface area contributed by atoms with Crippen molar-refractivity contribution in [2.24, 2.45) is 11.8 Å². The van der Waals surface area contributed by atoms with Crippen LogP contribution in [0.3, 0.4) is 0 Å². The molecule has 1 aromatic rings. The normalized spacial score (nSPS) is 14.3. The van der Waals surface area contributed by atoms with Crippen molar-refractivity contribution in [1.82, 2.24) is 0 Å². The highest BCUT2D eigenvalue weighted by Crippen LogP contribution is 2.27. The first-order chi connectivity index (χ1) is 9.21. The van der Waals surface area contributed by atoms with Gasteiger partial charge in [-0.25, -0.2) is 0 Å². The van der Waals surface area contributed by atoms with E-state index in [0.29, 0.717) is 0 Å². The fourth-order valence-electron chi connectivity index (χ4n) is 2.63. The smallest absolute Gasteiger partial charge is 0.0207 e. The lowest BCUT2D eigenvalue weighted by Gasteiger charge is -2.21. The summed E-state index contributed by atoms with van der Waals surface area (Å²) in [4.78, 5) is 0. The fourth-order valence-corrected chi connectivity index (χ4v) is 3.57. The van der Waals surface area contributed by atoms with Gasteiger partial charge in [0.05, 0.1) is 0 Å². The second-order valence-electron chi connectivity index (χ2n) is 5.47. The lowest BCUT2D eigenvalue weighted by Crippen LogP contribution is -2.13. The van der Waals surface area contributed by atoms with Gasteiger partial charge in [-0.15, -0.1) is 0 Å². The molecule has 0 radical (unpaired) electrons. The van der Waals surface area contributed by atoms with E-state index in [4.69, 9.17) is 0 Å². The maximum atomic E-state index is 3.71. The number of benzene rings is 1. The zero-order chi connectivity index (χ0) is 14.1. The molecule has 1 aromatic carbocycles. The standard InChI is InChI=1S/C17H26Br2/c1-3-5-8-14(4-2)11-15(13-18)12-16-9-6-7-10-17(16)19/h6-7,9-10,14-15H,3-5,8,11-13H2,1-2H3. The number of rotatable bonds is 9. The summed E-state index contributed by atoms with van der Waals surface area (Å²) < 4.78 is 1.25. The van der Waals surface area contributed by atoms with Gasteiger partial charge in [-0.1, -0.05) is 89.6 Å². The van der Waals surface area contributed by atoms with Crippen molar-refractivity contribution in [2.45, 2.75) is 52.4 Å². The molecule has 0 spiro atoms. The molecule has 2 atom stereocenters. The Kier molecular flexibility index (Phi) is 9.06. The van der Waals surface area contributed by atoms with E-state index < -0.39 is 0 Å². The lowest BCUT2D eigenvalue weighted by molar-refractivity contribution is 0.355. The highest BCUT2D eigenvalue weighted by molar-refractivity contribution is 9.10. The lowest BCUT2D eigenvalue weighted by atomic mass is 9.86. The van der Waals surface area contributed by atoms with Crippen molar-refractivity contribution in [1.29, 1.82) is 0 Å². The summed E-state index contributed by atoms with van der Waals surface area (Å²) in [6, 6.07) is 8.62. The molecule has 108 valence electrons. The maximum Gasteiger partial charge on any atom is 0.0207 e. The SMILES string of the molecule is CCCCC(CC)CC(CBr)Cc1ccccc1Br. The summed E-state index contributed by atoms with van der Waals surface area (Å²) in [5.41, 5.74) is 1.44. The molecule has 2 unspecified atom stereocenters. The number of hydrogen-bond donors (Lipinski definition) is 0. The molecule has 0 amide bonds. The fraction of sp³-hybridized carbons (Fsp3) is 0.647. The minimum absolute atomic E-state index is 0.750. The molecule has 2 heteroatoms. The van der Waals surface area contributed by atoms with Crippen LogP contribution < -0.4 is 0 Å². The molecule has 19 heavy (non-hydrogen) atoms. The van der Waals surface area contributed by atoms with Crippen LogP contribution >= 0.6 is 31.9 Å². The van der Waals surface area contributed by atoms with Gasteiger partial charge in [0.15, 0.2) is 0 Å². The molecule has 0 nitrogen and oxygen atoms in total. The number of alkyl halides is 1. The Bertz CT molecular complexity index is 349. The van der Waals surface area contributed by atoms with Gasteiger partial charge in [-0.3, -0.25) is 0 Å². The molecule has 0 saturated carbocycles. The first-order valence-electron chi connectivity index (χ1n) is 7.50. The van der Waals surface area contributed by atoms with Crippen molar-refractivity contribution in [3.63, 3.8) is 0 Å². The highest BCUT2D eigenvalue weighted by Gasteiger charge is 2.15. The second-order valence-corrected chi connectivity index (χ2v) is 6.97. The van der Waals surface area contributed by atoms with Crippen molar-refractivity contribution >= 4 is 31.9 Å². The average Bonchev–Trinajstić information content (AvgIpc) is 2.44. The van der Waals surface area contributed by atoms with Crippen LogP contribution in [0.2, 0.25) is 0 Å². The molecule has 0 saturated heterocycles. The Hall–Kier alpha value is 0.180. The highest BCUT2D eigenvalue weighted by atomic mass is 79.9. The predicted molar refractivity (Wildman–Crippen MR) is 93.1 cm³/mol. The van der Waals surface area contributed by atoms with Crippen molar-refractivity contribution in [3.8, 4) is 0 Å². The van der Waals surface area contributed by atoms with Crippen LogP contribution in [0.1, 0.15) is 51.5 Å². The topological polar surface area (TPSA) is 0 Å². The first kappa shape index (κ1) is 17.2. The largest absolute Gasteiger partial charge is 0.0925 e. The van der Waals surface area contributed by atoms with E-state index in [-0.39, 0.29) is 0 Å². The molecular formula is C17H26Br2. The molecule has 0 bridgehead atoms. The van der Waals surface area contributed by atoms with Crippen LogP contribution in [-0.2, 0) is 6.42 Å². The van der Waals surface area contributed by atoms with Crippen LogP contribution in [0.5, 0.6) is 0 Å². The van der Waals surface area contributed by atoms with Crippen LogP contribution in [0.15, 0.2) is 28.7 Å². The predicted octanol–water partition coefficient (Wildman–Crippen LogP) is 6.61. The molecule has 0 N–H and O–H groups in total. The third-order valence-electron chi connectivity index (χ3n) is 3.89. The van der Waals surface area contributed by atoms with Crippen molar-refractivity contribution in [3.05, 3.63) is 34.3 Å². The van der Waals surface area contributed by atoms with Crippen LogP contribution in [-0.4, -0.2) is 5.33 Å². The van der Waals surface area contributed by atoms with E-state index in [9.17, 15) is 0 Å². The van der Waals surface area contributed by atoms with Gasteiger partial charge in [-0.2, -0.15) is 0 Å². The van der Waals surface area contributed by atoms with Gasteiger partial charge < -0.3 is 0 Å². The monoisotopic (exact) mass is 388 g/mol. The van der Waals surface area contributed by atoms with E-state index in [1.807, 2.05) is 0 Å². The molecule has 0 fully saturated rings. The summed E-state index contributed by atoms with van der Waals surface area (Å²) in [6.45, 7) is 4.62. The van der Waals surface area contributed by atoms with Gasteiger partial charge in [0, 0.05) is 9.80 Å². The Morgan fingerprint density at radius 3 is 2.42 bits per heavy atom. The summed E-state index contributed by atoms with van der Waals surface area (Å²) in [6.07, 6.45) is 7.94. The van der Waals surface area contributed by atoms with E-state index in [1.165, 1.54) is 48.6 Å². The summed E-state index contributed by atoms with van der Waals surface area (Å²) in [5, 5.41) is 1.11. The molecular weight excluding hydrogens is 364 g/mol. The number of unbranched alkanes of at least 4 members (excludes halogenated alkanes) is 1. The van der Waals surface area contributed by atoms with Gasteiger partial charge in [-0.05, 0) is 36.3 Å². The van der Waals surface area contributed by atoms with Crippen LogP contribution in [0.4, 0.5) is 0 Å². The second kappa shape index (κ2) is 9.99. The third kappa shape index (κ3) is 6.44. The quantitative estimate of drug-likeness (QED) is 0.416. The van der Waals surface area contributed by atoms with E-state index in [1.54, 1.807) is 0 Å². The van der Waals surface area contributed by atoms with Gasteiger partial charge >= 0.3 is 0 Å². The van der Waals surface area contributed by atoms with E-state index in [0.717, 1.165) is 17.2 Å². The number of halogens is 2. The van der Waals surface area contributed by atoms with Crippen LogP contribution in [0.25, 0.3) is 0 Å². The van der Waals surface area contributed by atoms with Gasteiger partial charge in [0.25, 0.3) is 0 Å². The summed E-state index contributed by atoms with van der Waals surface area (Å²) in [5.74, 6) is 1.64. The van der Waals surface area contributed by atoms with Crippen molar-refractivity contribution in [2.75, 3.05) is 5.33 Å². The van der Waals surface area contributed by atoms with Gasteiger partial charge in [0.1, 0.15) is 0 Å². The molecule has 1 rings (SSSR count). The van der Waals surface area contributed by atoms with E-state index >= 15 is 0 Å². The number of hydrogen-bond acceptors (Lipinski definition) is 0. The maximum absolute atomic E-state index is 3.71. The van der Waals surface area contributed by atoms with Crippen molar-refractivity contribution < 1.29 is 0 Å². The van der Waals surface area contributed by atoms with E-state index in [2.05, 4.69) is 70.0 Å². The Morgan fingerprint density at radius 1 is 1.11 bits per heavy atom. The summed E-state index contributed by atoms with van der Waals surface area (Å²) >= 11 is 7.37. The van der Waals surface area contributed by atoms with Gasteiger partial charge in [0.2, 0.25) is 0 Å². The first-order valence-corrected chi connectivity index (χ1v) is 9.42. The molecule has 0 aliphatic rings. The molecule has 0 aliphatic carbocycles. The minimum Gasteiger partial charge on any atom is -0.0925 e. The zero-order valence-electron chi connectivity index (χ0n) is 12.2. The summed E-state index contributed by atoms with van der Waals surface area (Å²) in [7, 11) is 0. The Morgan fingerprint density at radius 2 is 1.84 bits per heavy atom. The molecule has 0 aromatic heterocycles. The minimum atomic E-state index is 0.750. The molecule has 0 heterocycles. The Balaban J connectivity index is 2.55. The molecule has 0 aliphatic heterocycles. The van der Waals surface area contributed by atoms with Crippen LogP contribution in [0, 0.1) is 11.8 Å². The third-order valence-corrected chi connectivity index (χ3v) is 5.58. The zero-order valence-corrected chi connectivity index (χ0v) is 15.3.